The molecular formula is C14H25N3OS. The third-order valence-electron chi connectivity index (χ3n) is 4.39. The van der Waals surface area contributed by atoms with Crippen LogP contribution in [-0.4, -0.2) is 60.1 Å². The SMILES string of the molecule is O=C(CC1CSCCN1)NC1CCN(C2CC2)CC1. The second-order valence-corrected chi connectivity index (χ2v) is 7.19. The predicted octanol–water partition coefficient (Wildman–Crippen LogP) is 0.825. The fraction of sp³-hybridized carbons (Fsp3) is 0.929. The van der Waals surface area contributed by atoms with Gasteiger partial charge in [0.25, 0.3) is 0 Å². The van der Waals surface area contributed by atoms with Gasteiger partial charge in [0.1, 0.15) is 0 Å². The van der Waals surface area contributed by atoms with Crippen molar-refractivity contribution < 1.29 is 4.79 Å². The smallest absolute Gasteiger partial charge is 0.221 e. The van der Waals surface area contributed by atoms with Gasteiger partial charge in [0.2, 0.25) is 5.91 Å². The van der Waals surface area contributed by atoms with E-state index < -0.39 is 0 Å². The zero-order valence-electron chi connectivity index (χ0n) is 11.6. The number of hydrogen-bond donors (Lipinski definition) is 2. The van der Waals surface area contributed by atoms with Crippen LogP contribution in [0.2, 0.25) is 0 Å². The van der Waals surface area contributed by atoms with E-state index in [4.69, 9.17) is 0 Å². The van der Waals surface area contributed by atoms with Crippen LogP contribution in [0.3, 0.4) is 0 Å². The maximum Gasteiger partial charge on any atom is 0.221 e. The van der Waals surface area contributed by atoms with E-state index in [1.54, 1.807) is 0 Å². The Labute approximate surface area is 120 Å². The van der Waals surface area contributed by atoms with Crippen LogP contribution >= 0.6 is 11.8 Å². The molecule has 0 aromatic rings. The Kier molecular flexibility index (Phi) is 4.66. The van der Waals surface area contributed by atoms with Gasteiger partial charge in [-0.2, -0.15) is 11.8 Å². The molecule has 4 nitrogen and oxygen atoms in total. The first kappa shape index (κ1) is 13.7. The topological polar surface area (TPSA) is 44.4 Å². The minimum atomic E-state index is 0.241. The highest BCUT2D eigenvalue weighted by molar-refractivity contribution is 7.99. The molecule has 1 atom stereocenters. The summed E-state index contributed by atoms with van der Waals surface area (Å²) < 4.78 is 0. The van der Waals surface area contributed by atoms with Crippen molar-refractivity contribution in [2.75, 3.05) is 31.1 Å². The van der Waals surface area contributed by atoms with Crippen LogP contribution < -0.4 is 10.6 Å². The highest BCUT2D eigenvalue weighted by atomic mass is 32.2. The first-order chi connectivity index (χ1) is 9.31. The Balaban J connectivity index is 1.35. The summed E-state index contributed by atoms with van der Waals surface area (Å²) in [5.41, 5.74) is 0. The van der Waals surface area contributed by atoms with Crippen LogP contribution in [0.5, 0.6) is 0 Å². The Bertz CT molecular complexity index is 308. The van der Waals surface area contributed by atoms with Crippen molar-refractivity contribution in [3.8, 4) is 0 Å². The van der Waals surface area contributed by atoms with E-state index in [1.807, 2.05) is 11.8 Å². The zero-order valence-corrected chi connectivity index (χ0v) is 12.4. The molecule has 1 saturated carbocycles. The molecule has 1 aliphatic carbocycles. The van der Waals surface area contributed by atoms with E-state index in [9.17, 15) is 4.79 Å². The number of piperidine rings is 1. The second-order valence-electron chi connectivity index (χ2n) is 6.04. The van der Waals surface area contributed by atoms with E-state index in [0.29, 0.717) is 18.5 Å². The van der Waals surface area contributed by atoms with Gasteiger partial charge in [0.15, 0.2) is 0 Å². The predicted molar refractivity (Wildman–Crippen MR) is 79.5 cm³/mol. The van der Waals surface area contributed by atoms with Crippen molar-refractivity contribution in [2.24, 2.45) is 0 Å². The molecule has 2 saturated heterocycles. The van der Waals surface area contributed by atoms with E-state index >= 15 is 0 Å². The average molecular weight is 283 g/mol. The van der Waals surface area contributed by atoms with Gasteiger partial charge in [-0.1, -0.05) is 0 Å². The van der Waals surface area contributed by atoms with E-state index in [2.05, 4.69) is 15.5 Å². The summed E-state index contributed by atoms with van der Waals surface area (Å²) in [4.78, 5) is 14.6. The number of nitrogens with one attached hydrogen (secondary N) is 2. The molecule has 108 valence electrons. The van der Waals surface area contributed by atoms with Crippen LogP contribution in [0.25, 0.3) is 0 Å². The number of carbonyl (C=O) groups is 1. The zero-order chi connectivity index (χ0) is 13.1. The monoisotopic (exact) mass is 283 g/mol. The number of carbonyl (C=O) groups excluding carboxylic acids is 1. The molecule has 0 aromatic heterocycles. The Morgan fingerprint density at radius 1 is 1.26 bits per heavy atom. The minimum Gasteiger partial charge on any atom is -0.353 e. The first-order valence-corrected chi connectivity index (χ1v) is 8.81. The third kappa shape index (κ3) is 4.10. The van der Waals surface area contributed by atoms with Gasteiger partial charge in [-0.05, 0) is 25.7 Å². The van der Waals surface area contributed by atoms with Crippen LogP contribution in [0.15, 0.2) is 0 Å². The molecule has 1 amide bonds. The number of thioether (sulfide) groups is 1. The maximum absolute atomic E-state index is 12.0. The molecule has 2 aliphatic heterocycles. The normalized spacial score (nSPS) is 30.2. The van der Waals surface area contributed by atoms with E-state index in [1.165, 1.54) is 31.7 Å². The summed E-state index contributed by atoms with van der Waals surface area (Å²) >= 11 is 1.95. The molecule has 0 aromatic carbocycles. The summed E-state index contributed by atoms with van der Waals surface area (Å²) in [5.74, 6) is 2.50. The standard InChI is InChI=1S/C14H25N3OS/c18-14(9-12-10-19-8-5-15-12)16-11-3-6-17(7-4-11)13-1-2-13/h11-13,15H,1-10H2,(H,16,18). The molecule has 2 N–H and O–H groups in total. The lowest BCUT2D eigenvalue weighted by molar-refractivity contribution is -0.122. The number of amides is 1. The maximum atomic E-state index is 12.0. The molecule has 0 radical (unpaired) electrons. The molecule has 19 heavy (non-hydrogen) atoms. The Hall–Kier alpha value is -0.260. The van der Waals surface area contributed by atoms with Crippen molar-refractivity contribution in [3.05, 3.63) is 0 Å². The highest BCUT2D eigenvalue weighted by Gasteiger charge is 2.32. The molecule has 0 bridgehead atoms. The molecule has 3 aliphatic rings. The van der Waals surface area contributed by atoms with Gasteiger partial charge < -0.3 is 15.5 Å². The van der Waals surface area contributed by atoms with Crippen molar-refractivity contribution >= 4 is 17.7 Å². The molecule has 2 heterocycles. The average Bonchev–Trinajstić information content (AvgIpc) is 3.25. The van der Waals surface area contributed by atoms with Crippen molar-refractivity contribution in [2.45, 2.75) is 50.2 Å². The molecule has 5 heteroatoms. The number of likely N-dealkylation sites (tertiary alicyclic amines) is 1. The Morgan fingerprint density at radius 2 is 2.05 bits per heavy atom. The lowest BCUT2D eigenvalue weighted by Crippen LogP contribution is -2.47. The van der Waals surface area contributed by atoms with Gasteiger partial charge in [-0.25, -0.2) is 0 Å². The fourth-order valence-electron chi connectivity index (χ4n) is 3.11. The van der Waals surface area contributed by atoms with E-state index in [0.717, 1.165) is 31.2 Å². The second kappa shape index (κ2) is 6.46. The van der Waals surface area contributed by atoms with Crippen molar-refractivity contribution in [1.29, 1.82) is 0 Å². The first-order valence-electron chi connectivity index (χ1n) is 7.66. The summed E-state index contributed by atoms with van der Waals surface area (Å²) in [6.07, 6.45) is 5.70. The van der Waals surface area contributed by atoms with Gasteiger partial charge in [-0.3, -0.25) is 4.79 Å². The third-order valence-corrected chi connectivity index (χ3v) is 5.52. The molecule has 3 rings (SSSR count). The van der Waals surface area contributed by atoms with Crippen LogP contribution in [0.1, 0.15) is 32.1 Å². The number of hydrogen-bond acceptors (Lipinski definition) is 4. The number of rotatable bonds is 4. The molecular weight excluding hydrogens is 258 g/mol. The lowest BCUT2D eigenvalue weighted by atomic mass is 10.0. The summed E-state index contributed by atoms with van der Waals surface area (Å²) in [6, 6.07) is 1.67. The Morgan fingerprint density at radius 3 is 2.68 bits per heavy atom. The van der Waals surface area contributed by atoms with E-state index in [-0.39, 0.29) is 5.91 Å². The summed E-state index contributed by atoms with van der Waals surface area (Å²) in [7, 11) is 0. The van der Waals surface area contributed by atoms with Crippen LogP contribution in [0, 0.1) is 0 Å². The van der Waals surface area contributed by atoms with Gasteiger partial charge in [0.05, 0.1) is 0 Å². The quantitative estimate of drug-likeness (QED) is 0.802. The molecule has 0 spiro atoms. The van der Waals surface area contributed by atoms with Gasteiger partial charge in [0, 0.05) is 55.7 Å². The van der Waals surface area contributed by atoms with Crippen molar-refractivity contribution in [1.82, 2.24) is 15.5 Å². The summed E-state index contributed by atoms with van der Waals surface area (Å²) in [5, 5.41) is 6.66. The lowest BCUT2D eigenvalue weighted by Gasteiger charge is -2.32. The van der Waals surface area contributed by atoms with Crippen molar-refractivity contribution in [3.63, 3.8) is 0 Å². The highest BCUT2D eigenvalue weighted by Crippen LogP contribution is 2.29. The minimum absolute atomic E-state index is 0.241. The number of nitrogens with zero attached hydrogens (tertiary/aromatic N) is 1. The van der Waals surface area contributed by atoms with Gasteiger partial charge >= 0.3 is 0 Å². The molecule has 3 fully saturated rings. The van der Waals surface area contributed by atoms with Gasteiger partial charge in [-0.15, -0.1) is 0 Å². The van der Waals surface area contributed by atoms with Crippen LogP contribution in [-0.2, 0) is 4.79 Å². The summed E-state index contributed by atoms with van der Waals surface area (Å²) in [6.45, 7) is 3.39. The largest absolute Gasteiger partial charge is 0.353 e. The van der Waals surface area contributed by atoms with Crippen LogP contribution in [0.4, 0.5) is 0 Å². The molecule has 1 unspecified atom stereocenters. The fourth-order valence-corrected chi connectivity index (χ4v) is 4.06.